The van der Waals surface area contributed by atoms with Crippen molar-refractivity contribution >= 4 is 22.7 Å². The van der Waals surface area contributed by atoms with Gasteiger partial charge in [0, 0.05) is 11.9 Å². The Morgan fingerprint density at radius 3 is 2.66 bits per heavy atom. The van der Waals surface area contributed by atoms with Gasteiger partial charge in [-0.15, -0.1) is 0 Å². The smallest absolute Gasteiger partial charge is 0.290 e. The average Bonchev–Trinajstić information content (AvgIpc) is 3.49. The zero-order valence-electron chi connectivity index (χ0n) is 22.1. The largest absolute Gasteiger partial charge is 0.503 e. The summed E-state index contributed by atoms with van der Waals surface area (Å²) in [6.07, 6.45) is 2.33. The second-order valence-electron chi connectivity index (χ2n) is 9.03. The van der Waals surface area contributed by atoms with E-state index in [1.54, 1.807) is 47.4 Å². The summed E-state index contributed by atoms with van der Waals surface area (Å²) in [6.45, 7) is 11.1. The van der Waals surface area contributed by atoms with E-state index in [2.05, 4.69) is 25.3 Å². The minimum Gasteiger partial charge on any atom is -0.503 e. The maximum absolute atomic E-state index is 13.8. The molecule has 1 aliphatic rings. The van der Waals surface area contributed by atoms with Gasteiger partial charge in [0.1, 0.15) is 12.4 Å². The van der Waals surface area contributed by atoms with Gasteiger partial charge in [0.2, 0.25) is 5.78 Å². The molecule has 0 bridgehead atoms. The van der Waals surface area contributed by atoms with Crippen LogP contribution < -0.4 is 9.47 Å². The molecule has 4 rings (SSSR count). The monoisotopic (exact) mass is 518 g/mol. The number of methoxy groups -OCH3 is 1. The van der Waals surface area contributed by atoms with Gasteiger partial charge < -0.3 is 28.8 Å². The summed E-state index contributed by atoms with van der Waals surface area (Å²) in [5, 5.41) is 11.7. The Bertz CT molecular complexity index is 1350. The molecule has 0 saturated heterocycles. The molecular formula is C30H34N2O6. The van der Waals surface area contributed by atoms with Gasteiger partial charge in [0.25, 0.3) is 5.91 Å². The molecule has 200 valence electrons. The van der Waals surface area contributed by atoms with Crippen molar-refractivity contribution < 1.29 is 28.6 Å². The van der Waals surface area contributed by atoms with E-state index < -0.39 is 23.5 Å². The number of furan rings is 1. The van der Waals surface area contributed by atoms with Crippen molar-refractivity contribution in [1.82, 2.24) is 9.80 Å². The van der Waals surface area contributed by atoms with Gasteiger partial charge in [-0.3, -0.25) is 9.59 Å². The van der Waals surface area contributed by atoms with Crippen molar-refractivity contribution in [3.05, 3.63) is 83.8 Å². The summed E-state index contributed by atoms with van der Waals surface area (Å²) in [6, 6.07) is 13.4. The Morgan fingerprint density at radius 1 is 1.18 bits per heavy atom. The number of para-hydroxylation sites is 1. The Balaban J connectivity index is 1.73. The molecule has 8 nitrogen and oxygen atoms in total. The molecule has 0 spiro atoms. The highest BCUT2D eigenvalue weighted by Crippen LogP contribution is 2.41. The van der Waals surface area contributed by atoms with Gasteiger partial charge in [-0.1, -0.05) is 50.8 Å². The zero-order valence-corrected chi connectivity index (χ0v) is 22.1. The van der Waals surface area contributed by atoms with Crippen molar-refractivity contribution in [3.63, 3.8) is 0 Å². The maximum atomic E-state index is 13.8. The number of carbonyl (C=O) groups excluding carboxylic acids is 2. The molecule has 0 fully saturated rings. The van der Waals surface area contributed by atoms with Crippen LogP contribution in [-0.2, 0) is 4.79 Å². The van der Waals surface area contributed by atoms with Gasteiger partial charge >= 0.3 is 0 Å². The minimum atomic E-state index is -0.797. The van der Waals surface area contributed by atoms with Crippen molar-refractivity contribution in [2.24, 2.45) is 0 Å². The van der Waals surface area contributed by atoms with Gasteiger partial charge in [-0.25, -0.2) is 0 Å². The van der Waals surface area contributed by atoms with E-state index in [9.17, 15) is 14.7 Å². The lowest BCUT2D eigenvalue weighted by atomic mass is 9.94. The van der Waals surface area contributed by atoms with Crippen molar-refractivity contribution in [3.8, 4) is 11.5 Å². The Kier molecular flexibility index (Phi) is 8.53. The summed E-state index contributed by atoms with van der Waals surface area (Å²) >= 11 is 0. The third-order valence-electron chi connectivity index (χ3n) is 6.81. The summed E-state index contributed by atoms with van der Waals surface area (Å²) in [7, 11) is 1.52. The first kappa shape index (κ1) is 27.0. The molecule has 0 aliphatic carbocycles. The average molecular weight is 519 g/mol. The van der Waals surface area contributed by atoms with E-state index in [0.717, 1.165) is 19.6 Å². The summed E-state index contributed by atoms with van der Waals surface area (Å²) in [5.74, 6) is -0.610. The van der Waals surface area contributed by atoms with Crippen LogP contribution >= 0.6 is 0 Å². The molecule has 1 amide bonds. The highest BCUT2D eigenvalue weighted by atomic mass is 16.5. The molecule has 2 heterocycles. The number of ketones is 1. The normalized spacial score (nSPS) is 15.5. The van der Waals surface area contributed by atoms with E-state index in [1.807, 2.05) is 12.1 Å². The molecule has 2 aromatic carbocycles. The zero-order chi connectivity index (χ0) is 27.2. The van der Waals surface area contributed by atoms with E-state index in [1.165, 1.54) is 7.11 Å². The molecule has 1 N–H and O–H groups in total. The number of fused-ring (bicyclic) bond motifs is 1. The topological polar surface area (TPSA) is 92.4 Å². The van der Waals surface area contributed by atoms with Crippen LogP contribution in [0.4, 0.5) is 0 Å². The van der Waals surface area contributed by atoms with Gasteiger partial charge in [-0.05, 0) is 55.9 Å². The molecule has 1 aliphatic heterocycles. The number of nitrogens with zero attached hydrogens (tertiary/aromatic N) is 2. The molecule has 3 aromatic rings. The van der Waals surface area contributed by atoms with E-state index in [0.29, 0.717) is 47.6 Å². The lowest BCUT2D eigenvalue weighted by Gasteiger charge is -2.28. The molecule has 1 aromatic heterocycles. The van der Waals surface area contributed by atoms with Gasteiger partial charge in [0.05, 0.1) is 18.7 Å². The predicted molar refractivity (Wildman–Crippen MR) is 146 cm³/mol. The van der Waals surface area contributed by atoms with Crippen LogP contribution in [0.2, 0.25) is 0 Å². The molecule has 8 heteroatoms. The Hall–Kier alpha value is -4.04. The standard InChI is InChI=1S/C30H34N2O6/c1-5-17-37-22-13-8-11-20(18-22)26-25(28(34)30(35)32(26)16-10-15-31(6-2)7-3)27(33)24-19-21-12-9-14-23(36-4)29(21)38-24/h5,8-9,11-14,18-19,26,34H,1,6-7,10,15-17H2,2-4H3. The van der Waals surface area contributed by atoms with E-state index in [4.69, 9.17) is 13.9 Å². The number of amides is 1. The van der Waals surface area contributed by atoms with Crippen LogP contribution in [0.1, 0.15) is 42.4 Å². The molecule has 0 radical (unpaired) electrons. The Labute approximate surface area is 222 Å². The third-order valence-corrected chi connectivity index (χ3v) is 6.81. The predicted octanol–water partition coefficient (Wildman–Crippen LogP) is 5.32. The summed E-state index contributed by atoms with van der Waals surface area (Å²) in [5.41, 5.74) is 1.07. The number of aliphatic hydroxyl groups is 1. The highest BCUT2D eigenvalue weighted by Gasteiger charge is 2.44. The number of ether oxygens (including phenoxy) is 2. The fraction of sp³-hybridized carbons (Fsp3) is 0.333. The number of benzene rings is 2. The number of aliphatic hydroxyl groups excluding tert-OH is 1. The molecule has 1 atom stereocenters. The molecule has 38 heavy (non-hydrogen) atoms. The molecule has 0 saturated carbocycles. The highest BCUT2D eigenvalue weighted by molar-refractivity contribution is 6.16. The SMILES string of the molecule is C=CCOc1cccc(C2C(C(=O)c3cc4cccc(OC)c4o3)=C(O)C(=O)N2CCCN(CC)CC)c1. The first-order valence-corrected chi connectivity index (χ1v) is 12.8. The van der Waals surface area contributed by atoms with E-state index in [-0.39, 0.29) is 11.3 Å². The quantitative estimate of drug-likeness (QED) is 0.242. The van der Waals surface area contributed by atoms with Crippen LogP contribution in [0.3, 0.4) is 0 Å². The van der Waals surface area contributed by atoms with Crippen molar-refractivity contribution in [2.45, 2.75) is 26.3 Å². The summed E-state index contributed by atoms with van der Waals surface area (Å²) in [4.78, 5) is 31.0. The lowest BCUT2D eigenvalue weighted by molar-refractivity contribution is -0.129. The van der Waals surface area contributed by atoms with Crippen LogP contribution in [0, 0.1) is 0 Å². The third kappa shape index (κ3) is 5.31. The fourth-order valence-corrected chi connectivity index (χ4v) is 4.84. The number of rotatable bonds is 13. The van der Waals surface area contributed by atoms with Gasteiger partial charge in [0.15, 0.2) is 22.9 Å². The van der Waals surface area contributed by atoms with Crippen LogP contribution in [0.25, 0.3) is 11.0 Å². The van der Waals surface area contributed by atoms with Gasteiger partial charge in [-0.2, -0.15) is 0 Å². The second-order valence-corrected chi connectivity index (χ2v) is 9.03. The first-order chi connectivity index (χ1) is 18.4. The first-order valence-electron chi connectivity index (χ1n) is 12.8. The number of hydrogen-bond acceptors (Lipinski definition) is 7. The maximum Gasteiger partial charge on any atom is 0.290 e. The van der Waals surface area contributed by atoms with Crippen molar-refractivity contribution in [2.75, 3.05) is 39.9 Å². The van der Waals surface area contributed by atoms with E-state index >= 15 is 0 Å². The lowest BCUT2D eigenvalue weighted by Crippen LogP contribution is -2.34. The minimum absolute atomic E-state index is 0.0169. The van der Waals surface area contributed by atoms with Crippen molar-refractivity contribution in [1.29, 1.82) is 0 Å². The fourth-order valence-electron chi connectivity index (χ4n) is 4.84. The van der Waals surface area contributed by atoms with Crippen LogP contribution in [0.15, 0.2) is 76.9 Å². The molecule has 1 unspecified atom stereocenters. The number of hydrogen-bond donors (Lipinski definition) is 1. The second kappa shape index (κ2) is 12.0. The Morgan fingerprint density at radius 2 is 1.95 bits per heavy atom. The van der Waals surface area contributed by atoms with Crippen LogP contribution in [-0.4, -0.2) is 66.5 Å². The number of carbonyl (C=O) groups is 2. The summed E-state index contributed by atoms with van der Waals surface area (Å²) < 4.78 is 17.0. The number of Topliss-reactive ketones (excluding diaryl/α,β-unsaturated/α-hetero) is 1. The molecular weight excluding hydrogens is 484 g/mol. The van der Waals surface area contributed by atoms with Crippen LogP contribution in [0.5, 0.6) is 11.5 Å².